The standard InChI is InChI=1S/C14H24N2O3/c1-9(2)14(5-6-14)8-15-13(19)16-7-4-11(10(16)3)12(17)18/h9-11H,4-8H2,1-3H3,(H,15,19)(H,17,18). The van der Waals surface area contributed by atoms with E-state index in [-0.39, 0.29) is 17.5 Å². The number of rotatable bonds is 4. The summed E-state index contributed by atoms with van der Waals surface area (Å²) in [5, 5.41) is 12.1. The van der Waals surface area contributed by atoms with Crippen molar-refractivity contribution in [3.05, 3.63) is 0 Å². The van der Waals surface area contributed by atoms with Crippen molar-refractivity contribution in [2.45, 2.75) is 46.1 Å². The van der Waals surface area contributed by atoms with E-state index in [1.807, 2.05) is 6.92 Å². The maximum atomic E-state index is 12.1. The first kappa shape index (κ1) is 14.2. The first-order chi connectivity index (χ1) is 8.87. The maximum Gasteiger partial charge on any atom is 0.317 e. The summed E-state index contributed by atoms with van der Waals surface area (Å²) in [7, 11) is 0. The molecule has 2 aliphatic rings. The number of nitrogens with one attached hydrogen (secondary N) is 1. The van der Waals surface area contributed by atoms with E-state index in [0.29, 0.717) is 25.4 Å². The largest absolute Gasteiger partial charge is 0.481 e. The number of urea groups is 1. The van der Waals surface area contributed by atoms with Gasteiger partial charge in [-0.1, -0.05) is 13.8 Å². The summed E-state index contributed by atoms with van der Waals surface area (Å²) in [4.78, 5) is 24.8. The average molecular weight is 268 g/mol. The van der Waals surface area contributed by atoms with Gasteiger partial charge < -0.3 is 15.3 Å². The second-order valence-corrected chi connectivity index (χ2v) is 6.34. The van der Waals surface area contributed by atoms with E-state index in [2.05, 4.69) is 19.2 Å². The highest BCUT2D eigenvalue weighted by Crippen LogP contribution is 2.51. The lowest BCUT2D eigenvalue weighted by Gasteiger charge is -2.26. The van der Waals surface area contributed by atoms with Crippen LogP contribution in [0, 0.1) is 17.3 Å². The van der Waals surface area contributed by atoms with Gasteiger partial charge in [0.05, 0.1) is 5.92 Å². The molecular weight excluding hydrogens is 244 g/mol. The highest BCUT2D eigenvalue weighted by atomic mass is 16.4. The third-order valence-corrected chi connectivity index (χ3v) is 5.04. The van der Waals surface area contributed by atoms with Gasteiger partial charge in [-0.25, -0.2) is 4.79 Å². The lowest BCUT2D eigenvalue weighted by molar-refractivity contribution is -0.142. The molecule has 2 fully saturated rings. The molecule has 5 heteroatoms. The number of aliphatic carboxylic acids is 1. The number of hydrogen-bond acceptors (Lipinski definition) is 2. The fourth-order valence-electron chi connectivity index (χ4n) is 3.03. The Kier molecular flexibility index (Phi) is 3.74. The Morgan fingerprint density at radius 2 is 2.05 bits per heavy atom. The molecule has 0 bridgehead atoms. The molecule has 2 unspecified atom stereocenters. The van der Waals surface area contributed by atoms with Crippen LogP contribution in [0.5, 0.6) is 0 Å². The van der Waals surface area contributed by atoms with Crippen LogP contribution >= 0.6 is 0 Å². The van der Waals surface area contributed by atoms with E-state index in [1.165, 1.54) is 12.8 Å². The van der Waals surface area contributed by atoms with Crippen molar-refractivity contribution < 1.29 is 14.7 Å². The van der Waals surface area contributed by atoms with E-state index < -0.39 is 11.9 Å². The van der Waals surface area contributed by atoms with Crippen molar-refractivity contribution in [3.63, 3.8) is 0 Å². The van der Waals surface area contributed by atoms with Crippen LogP contribution in [-0.4, -0.2) is 41.1 Å². The lowest BCUT2D eigenvalue weighted by atomic mass is 9.92. The summed E-state index contributed by atoms with van der Waals surface area (Å²) in [6.07, 6.45) is 2.91. The first-order valence-corrected chi connectivity index (χ1v) is 7.15. The van der Waals surface area contributed by atoms with Crippen molar-refractivity contribution in [2.75, 3.05) is 13.1 Å². The molecule has 1 aliphatic carbocycles. The zero-order valence-electron chi connectivity index (χ0n) is 12.0. The van der Waals surface area contributed by atoms with Crippen LogP contribution in [0.1, 0.15) is 40.0 Å². The maximum absolute atomic E-state index is 12.1. The Hall–Kier alpha value is -1.26. The minimum Gasteiger partial charge on any atom is -0.481 e. The molecule has 1 saturated carbocycles. The molecule has 2 atom stereocenters. The first-order valence-electron chi connectivity index (χ1n) is 7.15. The second-order valence-electron chi connectivity index (χ2n) is 6.34. The topological polar surface area (TPSA) is 69.6 Å². The van der Waals surface area contributed by atoms with Gasteiger partial charge in [0.15, 0.2) is 0 Å². The number of carboxylic acids is 1. The summed E-state index contributed by atoms with van der Waals surface area (Å²) in [5.74, 6) is -0.648. The van der Waals surface area contributed by atoms with Gasteiger partial charge in [-0.3, -0.25) is 4.79 Å². The van der Waals surface area contributed by atoms with E-state index in [1.54, 1.807) is 4.90 Å². The number of carbonyl (C=O) groups excluding carboxylic acids is 1. The molecule has 0 aromatic heterocycles. The molecule has 0 spiro atoms. The van der Waals surface area contributed by atoms with Crippen LogP contribution in [0.2, 0.25) is 0 Å². The van der Waals surface area contributed by atoms with Crippen LogP contribution in [0.4, 0.5) is 4.79 Å². The Labute approximate surface area is 114 Å². The predicted molar refractivity (Wildman–Crippen MR) is 71.8 cm³/mol. The third-order valence-electron chi connectivity index (χ3n) is 5.04. The third kappa shape index (κ3) is 2.69. The summed E-state index contributed by atoms with van der Waals surface area (Å²) < 4.78 is 0. The molecule has 0 aromatic rings. The number of amides is 2. The van der Waals surface area contributed by atoms with Gasteiger partial charge in [-0.15, -0.1) is 0 Å². The predicted octanol–water partition coefficient (Wildman–Crippen LogP) is 1.93. The zero-order chi connectivity index (χ0) is 14.2. The van der Waals surface area contributed by atoms with Crippen molar-refractivity contribution in [3.8, 4) is 0 Å². The molecule has 108 valence electrons. The number of likely N-dealkylation sites (tertiary alicyclic amines) is 1. The highest BCUT2D eigenvalue weighted by Gasteiger charge is 2.46. The summed E-state index contributed by atoms with van der Waals surface area (Å²) in [5.41, 5.74) is 0.283. The molecule has 1 heterocycles. The molecular formula is C14H24N2O3. The van der Waals surface area contributed by atoms with Crippen molar-refractivity contribution in [2.24, 2.45) is 17.3 Å². The molecule has 1 aliphatic heterocycles. The van der Waals surface area contributed by atoms with Crippen molar-refractivity contribution >= 4 is 12.0 Å². The van der Waals surface area contributed by atoms with Gasteiger partial charge in [-0.2, -0.15) is 0 Å². The van der Waals surface area contributed by atoms with Crippen LogP contribution in [0.25, 0.3) is 0 Å². The highest BCUT2D eigenvalue weighted by molar-refractivity contribution is 5.78. The van der Waals surface area contributed by atoms with Gasteiger partial charge in [0.25, 0.3) is 0 Å². The van der Waals surface area contributed by atoms with Crippen LogP contribution in [0.3, 0.4) is 0 Å². The Balaban J connectivity index is 1.86. The van der Waals surface area contributed by atoms with Crippen LogP contribution in [0.15, 0.2) is 0 Å². The smallest absolute Gasteiger partial charge is 0.317 e. The van der Waals surface area contributed by atoms with E-state index in [4.69, 9.17) is 5.11 Å². The number of hydrogen-bond donors (Lipinski definition) is 2. The summed E-state index contributed by atoms with van der Waals surface area (Å²) >= 11 is 0. The van der Waals surface area contributed by atoms with Gasteiger partial charge in [-0.05, 0) is 37.5 Å². The monoisotopic (exact) mass is 268 g/mol. The fraction of sp³-hybridized carbons (Fsp3) is 0.857. The average Bonchev–Trinajstić information content (AvgIpc) is 3.03. The minimum atomic E-state index is -0.802. The van der Waals surface area contributed by atoms with Gasteiger partial charge in [0.1, 0.15) is 0 Å². The number of carbonyl (C=O) groups is 2. The molecule has 2 amide bonds. The summed E-state index contributed by atoms with van der Waals surface area (Å²) in [6, 6.07) is -0.324. The molecule has 0 radical (unpaired) electrons. The molecule has 2 rings (SSSR count). The van der Waals surface area contributed by atoms with Gasteiger partial charge in [0, 0.05) is 19.1 Å². The summed E-state index contributed by atoms with van der Waals surface area (Å²) in [6.45, 7) is 7.46. The van der Waals surface area contributed by atoms with Gasteiger partial charge >= 0.3 is 12.0 Å². The van der Waals surface area contributed by atoms with Crippen molar-refractivity contribution in [1.82, 2.24) is 10.2 Å². The lowest BCUT2D eigenvalue weighted by Crippen LogP contribution is -2.45. The molecule has 2 N–H and O–H groups in total. The number of carboxylic acid groups (broad SMARTS) is 1. The quantitative estimate of drug-likeness (QED) is 0.818. The fourth-order valence-corrected chi connectivity index (χ4v) is 3.03. The van der Waals surface area contributed by atoms with E-state index >= 15 is 0 Å². The van der Waals surface area contributed by atoms with Crippen LogP contribution in [-0.2, 0) is 4.79 Å². The van der Waals surface area contributed by atoms with E-state index in [0.717, 1.165) is 0 Å². The van der Waals surface area contributed by atoms with E-state index in [9.17, 15) is 9.59 Å². The molecule has 5 nitrogen and oxygen atoms in total. The Morgan fingerprint density at radius 3 is 2.47 bits per heavy atom. The number of nitrogens with zero attached hydrogens (tertiary/aromatic N) is 1. The van der Waals surface area contributed by atoms with Crippen molar-refractivity contribution in [1.29, 1.82) is 0 Å². The Bertz CT molecular complexity index is 377. The SMILES string of the molecule is CC1C(C(=O)O)CCN1C(=O)NCC1(C(C)C)CC1. The molecule has 0 aromatic carbocycles. The second kappa shape index (κ2) is 5.02. The zero-order valence-corrected chi connectivity index (χ0v) is 12.0. The Morgan fingerprint density at radius 1 is 1.42 bits per heavy atom. The van der Waals surface area contributed by atoms with Gasteiger partial charge in [0.2, 0.25) is 0 Å². The minimum absolute atomic E-state index is 0.108. The van der Waals surface area contributed by atoms with Crippen LogP contribution < -0.4 is 5.32 Å². The normalized spacial score (nSPS) is 28.5. The molecule has 1 saturated heterocycles. The molecule has 19 heavy (non-hydrogen) atoms.